The highest BCUT2D eigenvalue weighted by molar-refractivity contribution is 7.99. The van der Waals surface area contributed by atoms with E-state index in [0.29, 0.717) is 28.9 Å². The molecule has 1 aromatic carbocycles. The van der Waals surface area contributed by atoms with Crippen LogP contribution in [0.2, 0.25) is 0 Å². The third-order valence-corrected chi connectivity index (χ3v) is 6.63. The Kier molecular flexibility index (Phi) is 10.4. The van der Waals surface area contributed by atoms with Crippen molar-refractivity contribution in [1.29, 1.82) is 0 Å². The van der Waals surface area contributed by atoms with Crippen molar-refractivity contribution in [3.05, 3.63) is 36.4 Å². The van der Waals surface area contributed by atoms with Crippen molar-refractivity contribution in [2.45, 2.75) is 56.0 Å². The minimum absolute atomic E-state index is 0.169. The molecule has 2 rings (SSSR count). The predicted molar refractivity (Wildman–Crippen MR) is 115 cm³/mol. The summed E-state index contributed by atoms with van der Waals surface area (Å²) in [7, 11) is 1.60. The van der Waals surface area contributed by atoms with Crippen LogP contribution in [0.15, 0.2) is 36.4 Å². The van der Waals surface area contributed by atoms with Crippen molar-refractivity contribution < 1.29 is 29.6 Å². The van der Waals surface area contributed by atoms with Crippen molar-refractivity contribution in [2.75, 3.05) is 19.5 Å². The molecule has 1 saturated carbocycles. The first kappa shape index (κ1) is 23.6. The number of unbranched alkanes of at least 4 members (excludes halogenated alkanes) is 1. The Bertz CT molecular complexity index is 650. The molecular formula is C22H32O6S. The zero-order chi connectivity index (χ0) is 21.1. The summed E-state index contributed by atoms with van der Waals surface area (Å²) < 4.78 is 10.8. The first-order valence-electron chi connectivity index (χ1n) is 10.1. The number of carboxylic acid groups (broad SMARTS) is 1. The number of methoxy groups -OCH3 is 1. The van der Waals surface area contributed by atoms with Crippen LogP contribution < -0.4 is 9.47 Å². The maximum atomic E-state index is 10.5. The highest BCUT2D eigenvalue weighted by Gasteiger charge is 2.34. The van der Waals surface area contributed by atoms with Crippen LogP contribution in [-0.4, -0.2) is 58.2 Å². The van der Waals surface area contributed by atoms with E-state index in [1.807, 2.05) is 24.3 Å². The van der Waals surface area contributed by atoms with Crippen LogP contribution in [0, 0.1) is 5.92 Å². The molecule has 0 bridgehead atoms. The summed E-state index contributed by atoms with van der Waals surface area (Å²) in [5, 5.41) is 29.5. The average Bonchev–Trinajstić information content (AvgIpc) is 3.07. The van der Waals surface area contributed by atoms with E-state index in [1.165, 1.54) is 0 Å². The maximum Gasteiger partial charge on any atom is 0.303 e. The molecule has 29 heavy (non-hydrogen) atoms. The third-order valence-electron chi connectivity index (χ3n) is 5.04. The third kappa shape index (κ3) is 8.68. The Labute approximate surface area is 176 Å². The van der Waals surface area contributed by atoms with Crippen LogP contribution in [0.5, 0.6) is 11.5 Å². The van der Waals surface area contributed by atoms with Gasteiger partial charge in [-0.15, -0.1) is 0 Å². The molecule has 6 nitrogen and oxygen atoms in total. The minimum atomic E-state index is -0.769. The van der Waals surface area contributed by atoms with Crippen LogP contribution in [0.25, 0.3) is 0 Å². The summed E-state index contributed by atoms with van der Waals surface area (Å²) in [4.78, 5) is 10.5. The molecular weight excluding hydrogens is 392 g/mol. The topological polar surface area (TPSA) is 96.2 Å². The fourth-order valence-electron chi connectivity index (χ4n) is 3.44. The van der Waals surface area contributed by atoms with Gasteiger partial charge >= 0.3 is 5.97 Å². The second-order valence-electron chi connectivity index (χ2n) is 7.32. The van der Waals surface area contributed by atoms with Gasteiger partial charge in [0.05, 0.1) is 19.3 Å². The number of aliphatic hydroxyl groups is 2. The largest absolute Gasteiger partial charge is 0.497 e. The molecule has 0 radical (unpaired) electrons. The lowest BCUT2D eigenvalue weighted by atomic mass is 10.0. The highest BCUT2D eigenvalue weighted by atomic mass is 32.2. The molecule has 1 aliphatic rings. The number of ether oxygens (including phenoxy) is 2. The van der Waals surface area contributed by atoms with Gasteiger partial charge in [-0.2, -0.15) is 11.8 Å². The summed E-state index contributed by atoms with van der Waals surface area (Å²) in [5.41, 5.74) is 0. The number of hydrogen-bond acceptors (Lipinski definition) is 6. The molecule has 162 valence electrons. The summed E-state index contributed by atoms with van der Waals surface area (Å²) in [6, 6.07) is 7.29. The van der Waals surface area contributed by atoms with E-state index in [-0.39, 0.29) is 25.0 Å². The monoisotopic (exact) mass is 424 g/mol. The summed E-state index contributed by atoms with van der Waals surface area (Å²) in [6.45, 7) is 0.212. The molecule has 1 aromatic rings. The number of carbonyl (C=O) groups is 1. The molecule has 1 fully saturated rings. The van der Waals surface area contributed by atoms with E-state index in [1.54, 1.807) is 24.9 Å². The number of rotatable bonds is 13. The van der Waals surface area contributed by atoms with Gasteiger partial charge in [-0.1, -0.05) is 18.2 Å². The van der Waals surface area contributed by atoms with Crippen molar-refractivity contribution in [3.63, 3.8) is 0 Å². The first-order valence-corrected chi connectivity index (χ1v) is 11.2. The first-order chi connectivity index (χ1) is 14.0. The van der Waals surface area contributed by atoms with Crippen LogP contribution in [0.4, 0.5) is 0 Å². The van der Waals surface area contributed by atoms with Gasteiger partial charge < -0.3 is 24.8 Å². The van der Waals surface area contributed by atoms with Gasteiger partial charge in [0.15, 0.2) is 0 Å². The standard InChI is InChI=1S/C22H32O6S/c1-27-17-7-6-8-18(13-17)28-14-16(23)15-29-21-12-11-20(24)19(21)9-4-2-3-5-10-22(25)26/h2,4,6-8,13,16,19-21,23-24H,3,5,9-12,14-15H2,1H3,(H,25,26). The second-order valence-corrected chi connectivity index (χ2v) is 8.59. The molecule has 4 unspecified atom stereocenters. The molecule has 3 N–H and O–H groups in total. The molecule has 0 aromatic heterocycles. The van der Waals surface area contributed by atoms with Crippen molar-refractivity contribution in [2.24, 2.45) is 5.92 Å². The molecule has 1 aliphatic carbocycles. The molecule has 4 atom stereocenters. The zero-order valence-corrected chi connectivity index (χ0v) is 17.7. The van der Waals surface area contributed by atoms with E-state index < -0.39 is 12.1 Å². The normalized spacial score (nSPS) is 22.7. The number of thioether (sulfide) groups is 1. The lowest BCUT2D eigenvalue weighted by Crippen LogP contribution is -2.25. The molecule has 0 aliphatic heterocycles. The van der Waals surface area contributed by atoms with Crippen molar-refractivity contribution in [1.82, 2.24) is 0 Å². The van der Waals surface area contributed by atoms with Gasteiger partial charge in [0.25, 0.3) is 0 Å². The highest BCUT2D eigenvalue weighted by Crippen LogP contribution is 2.38. The molecule has 7 heteroatoms. The fraction of sp³-hybridized carbons (Fsp3) is 0.591. The molecule has 0 amide bonds. The van der Waals surface area contributed by atoms with Gasteiger partial charge in [0.1, 0.15) is 18.1 Å². The Morgan fingerprint density at radius 1 is 1.31 bits per heavy atom. The quantitative estimate of drug-likeness (QED) is 0.329. The van der Waals surface area contributed by atoms with E-state index in [9.17, 15) is 15.0 Å². The zero-order valence-electron chi connectivity index (χ0n) is 16.9. The average molecular weight is 425 g/mol. The second kappa shape index (κ2) is 12.8. The van der Waals surface area contributed by atoms with E-state index in [0.717, 1.165) is 25.7 Å². The van der Waals surface area contributed by atoms with Crippen LogP contribution in [-0.2, 0) is 4.79 Å². The molecule has 0 saturated heterocycles. The predicted octanol–water partition coefficient (Wildman–Crippen LogP) is 3.51. The summed E-state index contributed by atoms with van der Waals surface area (Å²) in [6.07, 6.45) is 7.22. The van der Waals surface area contributed by atoms with E-state index >= 15 is 0 Å². The Hall–Kier alpha value is -1.70. The summed E-state index contributed by atoms with van der Waals surface area (Å²) in [5.74, 6) is 1.33. The van der Waals surface area contributed by atoms with Gasteiger partial charge in [0, 0.05) is 29.4 Å². The van der Waals surface area contributed by atoms with Crippen molar-refractivity contribution in [3.8, 4) is 11.5 Å². The lowest BCUT2D eigenvalue weighted by molar-refractivity contribution is -0.137. The van der Waals surface area contributed by atoms with Gasteiger partial charge in [0.2, 0.25) is 0 Å². The SMILES string of the molecule is COc1cccc(OCC(O)CSC2CCC(O)C2CC=CCCCC(=O)O)c1. The molecule has 0 heterocycles. The Morgan fingerprint density at radius 3 is 2.86 bits per heavy atom. The van der Waals surface area contributed by atoms with Crippen LogP contribution >= 0.6 is 11.8 Å². The number of carboxylic acids is 1. The van der Waals surface area contributed by atoms with E-state index in [2.05, 4.69) is 6.08 Å². The number of benzene rings is 1. The Balaban J connectivity index is 1.70. The number of aliphatic hydroxyl groups excluding tert-OH is 2. The smallest absolute Gasteiger partial charge is 0.303 e. The maximum absolute atomic E-state index is 10.5. The van der Waals surface area contributed by atoms with Crippen LogP contribution in [0.3, 0.4) is 0 Å². The molecule has 0 spiro atoms. The number of hydrogen-bond donors (Lipinski definition) is 3. The number of allylic oxidation sites excluding steroid dienone is 2. The Morgan fingerprint density at radius 2 is 2.10 bits per heavy atom. The van der Waals surface area contributed by atoms with Gasteiger partial charge in [-0.05, 0) is 44.2 Å². The van der Waals surface area contributed by atoms with Crippen LogP contribution in [0.1, 0.15) is 38.5 Å². The van der Waals surface area contributed by atoms with Gasteiger partial charge in [-0.25, -0.2) is 0 Å². The fourth-order valence-corrected chi connectivity index (χ4v) is 4.84. The lowest BCUT2D eigenvalue weighted by Gasteiger charge is -2.22. The van der Waals surface area contributed by atoms with Crippen molar-refractivity contribution >= 4 is 17.7 Å². The van der Waals surface area contributed by atoms with E-state index in [4.69, 9.17) is 14.6 Å². The van der Waals surface area contributed by atoms with Gasteiger partial charge in [-0.3, -0.25) is 4.79 Å². The summed E-state index contributed by atoms with van der Waals surface area (Å²) >= 11 is 1.69. The minimum Gasteiger partial charge on any atom is -0.497 e. The number of aliphatic carboxylic acids is 1.